The summed E-state index contributed by atoms with van der Waals surface area (Å²) >= 11 is 0. The Kier molecular flexibility index (Phi) is 6.11. The third-order valence-corrected chi connectivity index (χ3v) is 5.95. The first-order chi connectivity index (χ1) is 15.3. The van der Waals surface area contributed by atoms with Gasteiger partial charge < -0.3 is 20.0 Å². The smallest absolute Gasteiger partial charge is 0.242 e. The molecule has 0 spiro atoms. The Labute approximate surface area is 185 Å². The number of carbonyl (C=O) groups excluding carboxylic acids is 3. The molecule has 0 unspecified atom stereocenters. The van der Waals surface area contributed by atoms with Crippen molar-refractivity contribution in [2.24, 2.45) is 7.05 Å². The minimum Gasteiger partial charge on any atom is -0.368 e. The van der Waals surface area contributed by atoms with Gasteiger partial charge in [-0.05, 0) is 24.3 Å². The van der Waals surface area contributed by atoms with Gasteiger partial charge in [0.25, 0.3) is 0 Å². The summed E-state index contributed by atoms with van der Waals surface area (Å²) in [6.07, 6.45) is 1.83. The van der Waals surface area contributed by atoms with E-state index in [9.17, 15) is 18.8 Å². The van der Waals surface area contributed by atoms with Crippen LogP contribution in [0.1, 0.15) is 24.1 Å². The van der Waals surface area contributed by atoms with Gasteiger partial charge in [0, 0.05) is 70.7 Å². The van der Waals surface area contributed by atoms with Crippen LogP contribution in [-0.2, 0) is 28.0 Å². The summed E-state index contributed by atoms with van der Waals surface area (Å²) in [4.78, 5) is 42.8. The molecule has 1 N–H and O–H groups in total. The quantitative estimate of drug-likeness (QED) is 0.744. The molecule has 3 heterocycles. The number of nitrogens with one attached hydrogen (secondary N) is 1. The van der Waals surface area contributed by atoms with Crippen molar-refractivity contribution >= 4 is 23.4 Å². The van der Waals surface area contributed by atoms with Crippen molar-refractivity contribution < 1.29 is 18.8 Å². The number of benzene rings is 1. The minimum absolute atomic E-state index is 0.0549. The maximum absolute atomic E-state index is 13.4. The average molecular weight is 442 g/mol. The predicted octanol–water partition coefficient (Wildman–Crippen LogP) is 0.470. The Morgan fingerprint density at radius 3 is 2.44 bits per heavy atom. The Balaban J connectivity index is 1.45. The average Bonchev–Trinajstić information content (AvgIpc) is 3.17. The summed E-state index contributed by atoms with van der Waals surface area (Å²) < 4.78 is 14.9. The zero-order chi connectivity index (χ0) is 22.8. The molecule has 2 aliphatic heterocycles. The maximum Gasteiger partial charge on any atom is 0.242 e. The molecule has 1 saturated heterocycles. The van der Waals surface area contributed by atoms with Crippen LogP contribution in [0.3, 0.4) is 0 Å². The van der Waals surface area contributed by atoms with E-state index in [-0.39, 0.29) is 36.6 Å². The van der Waals surface area contributed by atoms with Crippen LogP contribution in [-0.4, -0.2) is 76.6 Å². The zero-order valence-corrected chi connectivity index (χ0v) is 18.3. The first kappa shape index (κ1) is 21.8. The Morgan fingerprint density at radius 1 is 1.09 bits per heavy atom. The number of hydrogen-bond acceptors (Lipinski definition) is 5. The van der Waals surface area contributed by atoms with Gasteiger partial charge >= 0.3 is 0 Å². The first-order valence-electron chi connectivity index (χ1n) is 10.7. The summed E-state index contributed by atoms with van der Waals surface area (Å²) in [6.45, 7) is 4.23. The molecule has 1 aromatic heterocycles. The Morgan fingerprint density at radius 2 is 1.78 bits per heavy atom. The van der Waals surface area contributed by atoms with Gasteiger partial charge in [-0.1, -0.05) is 0 Å². The van der Waals surface area contributed by atoms with Crippen molar-refractivity contribution in [3.63, 3.8) is 0 Å². The van der Waals surface area contributed by atoms with Crippen molar-refractivity contribution in [3.05, 3.63) is 47.5 Å². The van der Waals surface area contributed by atoms with E-state index in [0.29, 0.717) is 38.4 Å². The van der Waals surface area contributed by atoms with Crippen molar-refractivity contribution in [3.8, 4) is 0 Å². The molecule has 10 heteroatoms. The van der Waals surface area contributed by atoms with E-state index in [0.717, 1.165) is 11.3 Å². The molecule has 2 aliphatic rings. The Bertz CT molecular complexity index is 1010. The highest BCUT2D eigenvalue weighted by Crippen LogP contribution is 2.29. The van der Waals surface area contributed by atoms with Crippen LogP contribution < -0.4 is 10.2 Å². The summed E-state index contributed by atoms with van der Waals surface area (Å²) in [5.41, 5.74) is 2.48. The normalized spacial score (nSPS) is 18.3. The fourth-order valence-corrected chi connectivity index (χ4v) is 4.30. The van der Waals surface area contributed by atoms with Crippen LogP contribution in [0.4, 0.5) is 10.1 Å². The molecule has 2 aromatic rings. The number of nitrogens with zero attached hydrogens (tertiary/aromatic N) is 5. The number of rotatable bonds is 4. The van der Waals surface area contributed by atoms with Gasteiger partial charge in [0.2, 0.25) is 17.7 Å². The lowest BCUT2D eigenvalue weighted by Gasteiger charge is -2.39. The molecule has 3 amide bonds. The number of hydrogen-bond donors (Lipinski definition) is 1. The van der Waals surface area contributed by atoms with Gasteiger partial charge in [0.1, 0.15) is 11.7 Å². The Hall–Kier alpha value is -3.43. The van der Waals surface area contributed by atoms with E-state index in [1.807, 2.05) is 11.1 Å². The highest BCUT2D eigenvalue weighted by Gasteiger charge is 2.38. The molecule has 1 fully saturated rings. The number of carbonyl (C=O) groups is 3. The largest absolute Gasteiger partial charge is 0.368 e. The number of amides is 3. The summed E-state index contributed by atoms with van der Waals surface area (Å²) in [5.74, 6) is -1.37. The summed E-state index contributed by atoms with van der Waals surface area (Å²) in [6, 6.07) is 6.35. The fourth-order valence-electron chi connectivity index (χ4n) is 4.30. The van der Waals surface area contributed by atoms with E-state index in [1.54, 1.807) is 28.8 Å². The molecular formula is C22H27FN6O3. The van der Waals surface area contributed by atoms with E-state index in [2.05, 4.69) is 15.3 Å². The van der Waals surface area contributed by atoms with Crippen LogP contribution in [0.5, 0.6) is 0 Å². The number of aromatic nitrogens is 2. The monoisotopic (exact) mass is 442 g/mol. The van der Waals surface area contributed by atoms with E-state index >= 15 is 0 Å². The topological polar surface area (TPSA) is 90.8 Å². The molecule has 0 bridgehead atoms. The minimum atomic E-state index is -0.543. The molecule has 4 rings (SSSR count). The van der Waals surface area contributed by atoms with Gasteiger partial charge in [-0.3, -0.25) is 19.1 Å². The van der Waals surface area contributed by atoms with Gasteiger partial charge in [0.05, 0.1) is 12.2 Å². The second-order valence-electron chi connectivity index (χ2n) is 8.24. The van der Waals surface area contributed by atoms with Gasteiger partial charge in [-0.25, -0.2) is 4.39 Å². The van der Waals surface area contributed by atoms with Crippen LogP contribution >= 0.6 is 0 Å². The molecule has 0 saturated carbocycles. The van der Waals surface area contributed by atoms with Gasteiger partial charge in [-0.15, -0.1) is 0 Å². The van der Waals surface area contributed by atoms with Crippen molar-refractivity contribution in [1.29, 1.82) is 0 Å². The predicted molar refractivity (Wildman–Crippen MR) is 115 cm³/mol. The lowest BCUT2D eigenvalue weighted by molar-refractivity contribution is -0.138. The molecule has 1 aromatic carbocycles. The third-order valence-electron chi connectivity index (χ3n) is 5.95. The van der Waals surface area contributed by atoms with E-state index in [1.165, 1.54) is 19.1 Å². The number of anilines is 1. The fraction of sp³-hybridized carbons (Fsp3) is 0.455. The number of piperazine rings is 1. The van der Waals surface area contributed by atoms with Crippen molar-refractivity contribution in [2.45, 2.75) is 19.4 Å². The van der Waals surface area contributed by atoms with Crippen LogP contribution in [0.15, 0.2) is 30.5 Å². The van der Waals surface area contributed by atoms with E-state index in [4.69, 9.17) is 0 Å². The molecule has 170 valence electrons. The molecule has 0 radical (unpaired) electrons. The second-order valence-corrected chi connectivity index (χ2v) is 8.24. The van der Waals surface area contributed by atoms with Gasteiger partial charge in [0.15, 0.2) is 0 Å². The molecule has 1 atom stereocenters. The summed E-state index contributed by atoms with van der Waals surface area (Å²) in [7, 11) is 1.80. The lowest BCUT2D eigenvalue weighted by Crippen LogP contribution is -2.52. The standard InChI is InChI=1S/C22H27FN6O3/c1-15(30)24-11-20(31)29-13-16-12-26(2)25-21(16)19(14-29)22(32)28-9-7-27(8-10-28)18-5-3-17(23)4-6-18/h3-6,12,19H,7-11,13-14H2,1-2H3,(H,24,30)/t19-/m0/s1. The SMILES string of the molecule is CC(=O)NCC(=O)N1Cc2cn(C)nc2[C@@H](C(=O)N2CCN(c3ccc(F)cc3)CC2)C1. The molecule has 9 nitrogen and oxygen atoms in total. The number of halogens is 1. The second kappa shape index (κ2) is 8.97. The molecule has 0 aliphatic carbocycles. The molecular weight excluding hydrogens is 415 g/mol. The highest BCUT2D eigenvalue weighted by molar-refractivity contribution is 5.87. The van der Waals surface area contributed by atoms with E-state index < -0.39 is 5.92 Å². The number of aryl methyl sites for hydroxylation is 1. The zero-order valence-electron chi connectivity index (χ0n) is 18.3. The number of fused-ring (bicyclic) bond motifs is 1. The maximum atomic E-state index is 13.4. The van der Waals surface area contributed by atoms with Gasteiger partial charge in [-0.2, -0.15) is 5.10 Å². The lowest BCUT2D eigenvalue weighted by atomic mass is 9.94. The summed E-state index contributed by atoms with van der Waals surface area (Å²) in [5, 5.41) is 7.03. The van der Waals surface area contributed by atoms with Crippen LogP contribution in [0.25, 0.3) is 0 Å². The van der Waals surface area contributed by atoms with Crippen LogP contribution in [0.2, 0.25) is 0 Å². The molecule has 32 heavy (non-hydrogen) atoms. The van der Waals surface area contributed by atoms with Crippen LogP contribution in [0, 0.1) is 5.82 Å². The third kappa shape index (κ3) is 4.58. The van der Waals surface area contributed by atoms with Crippen molar-refractivity contribution in [2.75, 3.05) is 44.2 Å². The highest BCUT2D eigenvalue weighted by atomic mass is 19.1. The van der Waals surface area contributed by atoms with Crippen molar-refractivity contribution in [1.82, 2.24) is 24.9 Å². The first-order valence-corrected chi connectivity index (χ1v) is 10.7.